The molecule has 1 amide bonds. The zero-order valence-electron chi connectivity index (χ0n) is 14.9. The number of nitrogens with one attached hydrogen (secondary N) is 2. The lowest BCUT2D eigenvalue weighted by molar-refractivity contribution is 0.0977. The van der Waals surface area contributed by atoms with E-state index in [9.17, 15) is 9.90 Å². The molecule has 3 N–H and O–H groups in total. The van der Waals surface area contributed by atoms with Crippen LogP contribution in [0.4, 0.5) is 5.69 Å². The summed E-state index contributed by atoms with van der Waals surface area (Å²) in [5.41, 5.74) is 1.24. The van der Waals surface area contributed by atoms with Gasteiger partial charge in [-0.25, -0.2) is 0 Å². The van der Waals surface area contributed by atoms with E-state index in [-0.39, 0.29) is 16.8 Å². The number of ether oxygens (including phenoxy) is 1. The van der Waals surface area contributed by atoms with Crippen molar-refractivity contribution >= 4 is 39.7 Å². The van der Waals surface area contributed by atoms with Crippen LogP contribution < -0.4 is 15.4 Å². The van der Waals surface area contributed by atoms with Gasteiger partial charge >= 0.3 is 0 Å². The number of benzene rings is 3. The van der Waals surface area contributed by atoms with E-state index in [0.29, 0.717) is 12.2 Å². The van der Waals surface area contributed by atoms with E-state index in [1.165, 1.54) is 0 Å². The van der Waals surface area contributed by atoms with Crippen molar-refractivity contribution in [3.8, 4) is 11.5 Å². The Balaban J connectivity index is 1.66. The first-order valence-corrected chi connectivity index (χ1v) is 9.04. The lowest BCUT2D eigenvalue weighted by Crippen LogP contribution is -2.34. The minimum atomic E-state index is -0.299. The van der Waals surface area contributed by atoms with E-state index in [1.54, 1.807) is 42.5 Å². The molecule has 3 rings (SSSR count). The topological polar surface area (TPSA) is 70.6 Å². The van der Waals surface area contributed by atoms with Crippen LogP contribution in [0.15, 0.2) is 60.7 Å². The van der Waals surface area contributed by atoms with Crippen LogP contribution >= 0.6 is 12.2 Å². The quantitative estimate of drug-likeness (QED) is 0.570. The fraction of sp³-hybridized carbons (Fsp3) is 0.143. The van der Waals surface area contributed by atoms with Crippen molar-refractivity contribution in [2.45, 2.75) is 13.3 Å². The summed E-state index contributed by atoms with van der Waals surface area (Å²) in [5, 5.41) is 17.3. The molecular formula is C21H20N2O3S. The van der Waals surface area contributed by atoms with E-state index >= 15 is 0 Å². The Bertz CT molecular complexity index is 971. The number of hydrogen-bond donors (Lipinski definition) is 3. The second-order valence-electron chi connectivity index (χ2n) is 5.99. The van der Waals surface area contributed by atoms with E-state index in [4.69, 9.17) is 17.0 Å². The van der Waals surface area contributed by atoms with Gasteiger partial charge in [0.2, 0.25) is 0 Å². The van der Waals surface area contributed by atoms with Gasteiger partial charge in [0.05, 0.1) is 6.61 Å². The first kappa shape index (κ1) is 18.7. The number of phenols is 1. The molecule has 0 atom stereocenters. The molecule has 0 spiro atoms. The van der Waals surface area contributed by atoms with Crippen LogP contribution in [0, 0.1) is 0 Å². The number of amides is 1. The van der Waals surface area contributed by atoms with Crippen molar-refractivity contribution in [1.82, 2.24) is 5.32 Å². The number of carbonyl (C=O) groups is 1. The number of hydrogen-bond acceptors (Lipinski definition) is 4. The van der Waals surface area contributed by atoms with E-state index in [0.717, 1.165) is 28.6 Å². The van der Waals surface area contributed by atoms with Gasteiger partial charge in [-0.3, -0.25) is 10.1 Å². The van der Waals surface area contributed by atoms with Gasteiger partial charge in [-0.1, -0.05) is 19.1 Å². The first-order valence-electron chi connectivity index (χ1n) is 8.64. The van der Waals surface area contributed by atoms with Crippen molar-refractivity contribution in [3.05, 3.63) is 66.2 Å². The van der Waals surface area contributed by atoms with Crippen LogP contribution in [0.1, 0.15) is 23.7 Å². The zero-order valence-corrected chi connectivity index (χ0v) is 15.7. The third-order valence-corrected chi connectivity index (χ3v) is 4.13. The summed E-state index contributed by atoms with van der Waals surface area (Å²) in [6.45, 7) is 2.68. The zero-order chi connectivity index (χ0) is 19.2. The van der Waals surface area contributed by atoms with Gasteiger partial charge in [0.1, 0.15) is 11.5 Å². The molecule has 0 heterocycles. The van der Waals surface area contributed by atoms with Gasteiger partial charge in [0.15, 0.2) is 5.11 Å². The molecule has 3 aromatic carbocycles. The molecule has 3 aromatic rings. The number of fused-ring (bicyclic) bond motifs is 1. The van der Waals surface area contributed by atoms with Crippen molar-refractivity contribution in [3.63, 3.8) is 0 Å². The molecule has 0 unspecified atom stereocenters. The number of thiocarbonyl (C=S) groups is 1. The molecule has 0 aliphatic heterocycles. The minimum Gasteiger partial charge on any atom is -0.508 e. The second kappa shape index (κ2) is 8.51. The summed E-state index contributed by atoms with van der Waals surface area (Å²) in [5.74, 6) is 0.627. The molecule has 6 heteroatoms. The molecule has 27 heavy (non-hydrogen) atoms. The van der Waals surface area contributed by atoms with E-state index < -0.39 is 0 Å². The fourth-order valence-electron chi connectivity index (χ4n) is 2.63. The molecule has 0 bridgehead atoms. The highest BCUT2D eigenvalue weighted by atomic mass is 32.1. The van der Waals surface area contributed by atoms with Crippen LogP contribution in [0.5, 0.6) is 11.5 Å². The van der Waals surface area contributed by atoms with Gasteiger partial charge in [-0.2, -0.15) is 0 Å². The van der Waals surface area contributed by atoms with Crippen molar-refractivity contribution < 1.29 is 14.6 Å². The summed E-state index contributed by atoms with van der Waals surface area (Å²) in [6.07, 6.45) is 0.927. The lowest BCUT2D eigenvalue weighted by Gasteiger charge is -2.12. The first-order chi connectivity index (χ1) is 13.1. The Morgan fingerprint density at radius 1 is 1.11 bits per heavy atom. The van der Waals surface area contributed by atoms with Gasteiger partial charge in [-0.15, -0.1) is 0 Å². The van der Waals surface area contributed by atoms with Gasteiger partial charge in [0, 0.05) is 16.6 Å². The molecule has 0 saturated heterocycles. The highest BCUT2D eigenvalue weighted by Crippen LogP contribution is 2.26. The Morgan fingerprint density at radius 3 is 2.63 bits per heavy atom. The highest BCUT2D eigenvalue weighted by molar-refractivity contribution is 7.80. The number of aromatic hydroxyl groups is 1. The van der Waals surface area contributed by atoms with Crippen LogP contribution in [0.25, 0.3) is 10.8 Å². The molecule has 0 radical (unpaired) electrons. The maximum atomic E-state index is 12.4. The Morgan fingerprint density at radius 2 is 1.89 bits per heavy atom. The fourth-order valence-corrected chi connectivity index (χ4v) is 2.83. The predicted octanol–water partition coefficient (Wildman–Crippen LogP) is 4.46. The molecular weight excluding hydrogens is 360 g/mol. The number of anilines is 1. The smallest absolute Gasteiger partial charge is 0.257 e. The number of carbonyl (C=O) groups excluding carboxylic acids is 1. The minimum absolute atomic E-state index is 0.196. The average molecular weight is 380 g/mol. The Kier molecular flexibility index (Phi) is 5.88. The predicted molar refractivity (Wildman–Crippen MR) is 112 cm³/mol. The van der Waals surface area contributed by atoms with Crippen molar-refractivity contribution in [1.29, 1.82) is 0 Å². The molecule has 0 aromatic heterocycles. The number of rotatable bonds is 5. The van der Waals surface area contributed by atoms with Crippen LogP contribution in [-0.2, 0) is 0 Å². The van der Waals surface area contributed by atoms with E-state index in [2.05, 4.69) is 10.6 Å². The highest BCUT2D eigenvalue weighted by Gasteiger charge is 2.09. The third-order valence-electron chi connectivity index (χ3n) is 3.93. The summed E-state index contributed by atoms with van der Waals surface area (Å²) >= 11 is 5.27. The van der Waals surface area contributed by atoms with Gasteiger partial charge < -0.3 is 15.2 Å². The van der Waals surface area contributed by atoms with Gasteiger partial charge in [-0.05, 0) is 72.6 Å². The Labute approximate surface area is 163 Å². The van der Waals surface area contributed by atoms with Crippen LogP contribution in [-0.4, -0.2) is 22.7 Å². The normalized spacial score (nSPS) is 10.4. The van der Waals surface area contributed by atoms with Crippen LogP contribution in [0.3, 0.4) is 0 Å². The molecule has 0 aliphatic rings. The summed E-state index contributed by atoms with van der Waals surface area (Å²) in [7, 11) is 0. The van der Waals surface area contributed by atoms with Gasteiger partial charge in [0.25, 0.3) is 5.91 Å². The maximum Gasteiger partial charge on any atom is 0.257 e. The standard InChI is InChI=1S/C21H20N2O3S/c1-2-12-26-17-9-6-14(7-10-17)20(25)23-21(27)22-19-5-3-4-15-13-16(24)8-11-18(15)19/h3-11,13,24H,2,12H2,1H3,(H2,22,23,25,27). The Hall–Kier alpha value is -3.12. The largest absolute Gasteiger partial charge is 0.508 e. The molecule has 0 saturated carbocycles. The average Bonchev–Trinajstić information content (AvgIpc) is 2.66. The third kappa shape index (κ3) is 4.74. The van der Waals surface area contributed by atoms with Crippen molar-refractivity contribution in [2.24, 2.45) is 0 Å². The molecule has 0 aliphatic carbocycles. The SMILES string of the molecule is CCCOc1ccc(C(=O)NC(=S)Nc2cccc3cc(O)ccc23)cc1. The lowest BCUT2D eigenvalue weighted by atomic mass is 10.1. The number of phenolic OH excluding ortho intramolecular Hbond substituents is 1. The summed E-state index contributed by atoms with van der Waals surface area (Å²) in [4.78, 5) is 12.4. The van der Waals surface area contributed by atoms with Crippen molar-refractivity contribution in [2.75, 3.05) is 11.9 Å². The summed E-state index contributed by atoms with van der Waals surface area (Å²) in [6, 6.07) is 17.6. The maximum absolute atomic E-state index is 12.4. The second-order valence-corrected chi connectivity index (χ2v) is 6.40. The molecule has 0 fully saturated rings. The monoisotopic (exact) mass is 380 g/mol. The molecule has 138 valence electrons. The van der Waals surface area contributed by atoms with E-state index in [1.807, 2.05) is 25.1 Å². The summed E-state index contributed by atoms with van der Waals surface area (Å²) < 4.78 is 5.51. The molecule has 5 nitrogen and oxygen atoms in total. The van der Waals surface area contributed by atoms with Crippen LogP contribution in [0.2, 0.25) is 0 Å².